The van der Waals surface area contributed by atoms with Crippen LogP contribution in [0.3, 0.4) is 0 Å². The Labute approximate surface area is 127 Å². The summed E-state index contributed by atoms with van der Waals surface area (Å²) in [5.74, 6) is 0.193. The maximum absolute atomic E-state index is 12.1. The average molecular weight is 296 g/mol. The molecule has 21 heavy (non-hydrogen) atoms. The zero-order valence-electron chi connectivity index (χ0n) is 13.3. The fourth-order valence-corrected chi connectivity index (χ4v) is 2.74. The van der Waals surface area contributed by atoms with Crippen molar-refractivity contribution in [1.82, 2.24) is 10.2 Å². The van der Waals surface area contributed by atoms with Gasteiger partial charge in [-0.3, -0.25) is 14.5 Å². The standard InChI is InChI=1S/C16H28N2O3/c1-4-10-18(12-16(20)21-5-2)11-15(19)17-14-9-7-6-8-13(14)3/h4,13-14H,1,5-12H2,2-3H3,(H,17,19). The second kappa shape index (κ2) is 9.55. The van der Waals surface area contributed by atoms with Gasteiger partial charge in [-0.1, -0.05) is 25.8 Å². The van der Waals surface area contributed by atoms with Crippen LogP contribution in [0.4, 0.5) is 0 Å². The Kier molecular flexibility index (Phi) is 8.05. The molecule has 5 nitrogen and oxygen atoms in total. The van der Waals surface area contributed by atoms with Crippen molar-refractivity contribution in [2.45, 2.75) is 45.6 Å². The zero-order chi connectivity index (χ0) is 15.7. The second-order valence-corrected chi connectivity index (χ2v) is 5.70. The molecule has 1 fully saturated rings. The predicted molar refractivity (Wildman–Crippen MR) is 82.8 cm³/mol. The molecule has 0 aromatic carbocycles. The molecule has 5 heteroatoms. The summed E-state index contributed by atoms with van der Waals surface area (Å²) in [6, 6.07) is 0.263. The predicted octanol–water partition coefficient (Wildman–Crippen LogP) is 1.73. The van der Waals surface area contributed by atoms with Crippen molar-refractivity contribution in [3.05, 3.63) is 12.7 Å². The first-order chi connectivity index (χ1) is 10.1. The van der Waals surface area contributed by atoms with Gasteiger partial charge in [-0.05, 0) is 25.7 Å². The Bertz CT molecular complexity index is 357. The fraction of sp³-hybridized carbons (Fsp3) is 0.750. The van der Waals surface area contributed by atoms with E-state index in [-0.39, 0.29) is 31.0 Å². The lowest BCUT2D eigenvalue weighted by Gasteiger charge is -2.30. The molecular formula is C16H28N2O3. The second-order valence-electron chi connectivity index (χ2n) is 5.70. The summed E-state index contributed by atoms with van der Waals surface area (Å²) in [5, 5.41) is 3.10. The first-order valence-corrected chi connectivity index (χ1v) is 7.85. The summed E-state index contributed by atoms with van der Waals surface area (Å²) in [6.07, 6.45) is 6.33. The molecule has 0 saturated heterocycles. The molecule has 0 bridgehead atoms. The van der Waals surface area contributed by atoms with Crippen LogP contribution in [0, 0.1) is 5.92 Å². The fourth-order valence-electron chi connectivity index (χ4n) is 2.74. The van der Waals surface area contributed by atoms with Gasteiger partial charge in [-0.15, -0.1) is 6.58 Å². The van der Waals surface area contributed by atoms with Gasteiger partial charge in [-0.25, -0.2) is 0 Å². The van der Waals surface area contributed by atoms with Crippen molar-refractivity contribution in [3.8, 4) is 0 Å². The average Bonchev–Trinajstić information content (AvgIpc) is 2.41. The van der Waals surface area contributed by atoms with Crippen LogP contribution >= 0.6 is 0 Å². The first kappa shape index (κ1) is 17.7. The Balaban J connectivity index is 2.43. The monoisotopic (exact) mass is 296 g/mol. The van der Waals surface area contributed by atoms with E-state index in [1.54, 1.807) is 17.9 Å². The lowest BCUT2D eigenvalue weighted by atomic mass is 9.86. The molecule has 120 valence electrons. The minimum atomic E-state index is -0.307. The Morgan fingerprint density at radius 3 is 2.67 bits per heavy atom. The van der Waals surface area contributed by atoms with Gasteiger partial charge >= 0.3 is 5.97 Å². The summed E-state index contributed by atoms with van der Waals surface area (Å²) >= 11 is 0. The molecule has 2 atom stereocenters. The van der Waals surface area contributed by atoms with Crippen LogP contribution in [0.2, 0.25) is 0 Å². The molecule has 0 aliphatic heterocycles. The number of carbonyl (C=O) groups excluding carboxylic acids is 2. The topological polar surface area (TPSA) is 58.6 Å². The van der Waals surface area contributed by atoms with Gasteiger partial charge in [-0.2, -0.15) is 0 Å². The van der Waals surface area contributed by atoms with E-state index in [2.05, 4.69) is 18.8 Å². The first-order valence-electron chi connectivity index (χ1n) is 7.85. The quantitative estimate of drug-likeness (QED) is 0.547. The summed E-state index contributed by atoms with van der Waals surface area (Å²) in [7, 11) is 0. The summed E-state index contributed by atoms with van der Waals surface area (Å²) < 4.78 is 4.92. The summed E-state index contributed by atoms with van der Waals surface area (Å²) in [6.45, 7) is 8.79. The minimum absolute atomic E-state index is 0.0279. The van der Waals surface area contributed by atoms with E-state index in [0.717, 1.165) is 6.42 Å². The van der Waals surface area contributed by atoms with Gasteiger partial charge < -0.3 is 10.1 Å². The molecule has 0 radical (unpaired) electrons. The molecule has 0 aromatic heterocycles. The van der Waals surface area contributed by atoms with Crippen LogP contribution in [0.1, 0.15) is 39.5 Å². The van der Waals surface area contributed by atoms with Gasteiger partial charge in [0.25, 0.3) is 0 Å². The van der Waals surface area contributed by atoms with Crippen molar-refractivity contribution in [2.24, 2.45) is 5.92 Å². The van der Waals surface area contributed by atoms with Crippen LogP contribution < -0.4 is 5.32 Å². The molecule has 0 spiro atoms. The van der Waals surface area contributed by atoms with Crippen LogP contribution in [-0.4, -0.2) is 49.1 Å². The molecule has 1 aliphatic carbocycles. The molecule has 2 unspecified atom stereocenters. The number of carbonyl (C=O) groups is 2. The van der Waals surface area contributed by atoms with Gasteiger partial charge in [0.2, 0.25) is 5.91 Å². The van der Waals surface area contributed by atoms with E-state index in [4.69, 9.17) is 4.74 Å². The minimum Gasteiger partial charge on any atom is -0.465 e. The van der Waals surface area contributed by atoms with E-state index in [1.165, 1.54) is 19.3 Å². The molecule has 1 aliphatic rings. The third kappa shape index (κ3) is 6.76. The highest BCUT2D eigenvalue weighted by atomic mass is 16.5. The lowest BCUT2D eigenvalue weighted by molar-refractivity contribution is -0.144. The van der Waals surface area contributed by atoms with Crippen molar-refractivity contribution in [3.63, 3.8) is 0 Å². The van der Waals surface area contributed by atoms with Crippen molar-refractivity contribution >= 4 is 11.9 Å². The number of hydrogen-bond acceptors (Lipinski definition) is 4. The molecule has 0 aromatic rings. The molecule has 0 heterocycles. The summed E-state index contributed by atoms with van der Waals surface area (Å²) in [4.78, 5) is 25.4. The van der Waals surface area contributed by atoms with Gasteiger partial charge in [0.15, 0.2) is 0 Å². The van der Waals surface area contributed by atoms with Crippen molar-refractivity contribution < 1.29 is 14.3 Å². The zero-order valence-corrected chi connectivity index (χ0v) is 13.3. The molecule has 1 N–H and O–H groups in total. The van der Waals surface area contributed by atoms with Crippen LogP contribution in [0.15, 0.2) is 12.7 Å². The van der Waals surface area contributed by atoms with E-state index in [0.29, 0.717) is 19.1 Å². The molecular weight excluding hydrogens is 268 g/mol. The van der Waals surface area contributed by atoms with Crippen LogP contribution in [0.5, 0.6) is 0 Å². The molecule has 1 rings (SSSR count). The van der Waals surface area contributed by atoms with Crippen molar-refractivity contribution in [2.75, 3.05) is 26.2 Å². The van der Waals surface area contributed by atoms with E-state index in [9.17, 15) is 9.59 Å². The Morgan fingerprint density at radius 2 is 2.05 bits per heavy atom. The number of esters is 1. The number of amides is 1. The number of nitrogens with zero attached hydrogens (tertiary/aromatic N) is 1. The third-order valence-electron chi connectivity index (χ3n) is 3.87. The van der Waals surface area contributed by atoms with E-state index in [1.807, 2.05) is 0 Å². The van der Waals surface area contributed by atoms with Crippen LogP contribution in [-0.2, 0) is 14.3 Å². The Hall–Kier alpha value is -1.36. The van der Waals surface area contributed by atoms with Gasteiger partial charge in [0.1, 0.15) is 0 Å². The summed E-state index contributed by atoms with van der Waals surface area (Å²) in [5.41, 5.74) is 0. The molecule has 1 amide bonds. The van der Waals surface area contributed by atoms with E-state index < -0.39 is 0 Å². The number of rotatable bonds is 8. The SMILES string of the molecule is C=CCN(CC(=O)NC1CCCCC1C)CC(=O)OCC. The van der Waals surface area contributed by atoms with Crippen molar-refractivity contribution in [1.29, 1.82) is 0 Å². The maximum Gasteiger partial charge on any atom is 0.320 e. The van der Waals surface area contributed by atoms with E-state index >= 15 is 0 Å². The smallest absolute Gasteiger partial charge is 0.320 e. The third-order valence-corrected chi connectivity index (χ3v) is 3.87. The normalized spacial score (nSPS) is 21.9. The largest absolute Gasteiger partial charge is 0.465 e. The molecule has 1 saturated carbocycles. The lowest BCUT2D eigenvalue weighted by Crippen LogP contribution is -2.46. The highest BCUT2D eigenvalue weighted by molar-refractivity contribution is 5.79. The number of hydrogen-bond donors (Lipinski definition) is 1. The maximum atomic E-state index is 12.1. The Morgan fingerprint density at radius 1 is 1.33 bits per heavy atom. The van der Waals surface area contributed by atoms with Crippen LogP contribution in [0.25, 0.3) is 0 Å². The van der Waals surface area contributed by atoms with Gasteiger partial charge in [0, 0.05) is 12.6 Å². The number of ether oxygens (including phenoxy) is 1. The number of nitrogens with one attached hydrogen (secondary N) is 1. The highest BCUT2D eigenvalue weighted by Gasteiger charge is 2.23. The highest BCUT2D eigenvalue weighted by Crippen LogP contribution is 2.23. The van der Waals surface area contributed by atoms with Gasteiger partial charge in [0.05, 0.1) is 19.7 Å².